The zero-order valence-electron chi connectivity index (χ0n) is 10.4. The van der Waals surface area contributed by atoms with Crippen LogP contribution in [-0.4, -0.2) is 54.6 Å². The van der Waals surface area contributed by atoms with E-state index in [-0.39, 0.29) is 5.54 Å². The van der Waals surface area contributed by atoms with E-state index in [1.165, 1.54) is 12.1 Å². The fraction of sp³-hybridized carbons (Fsp3) is 0.750. The largest absolute Gasteiger partial charge is 0.347 e. The first-order valence-electron chi connectivity index (χ1n) is 6.45. The standard InChI is InChI=1S/C12H21N5/c1-17-5-4-14-8-12(17,10-2-3-13-6-10)11-7-15-9-16-11/h7,9-10,13-14H,2-6,8H2,1H3,(H,15,16). The Hall–Kier alpha value is -0.910. The van der Waals surface area contributed by atoms with Gasteiger partial charge in [0.05, 0.1) is 17.6 Å². The number of imidazole rings is 1. The lowest BCUT2D eigenvalue weighted by Crippen LogP contribution is -2.61. The lowest BCUT2D eigenvalue weighted by molar-refractivity contribution is 0.0309. The highest BCUT2D eigenvalue weighted by atomic mass is 15.3. The van der Waals surface area contributed by atoms with E-state index < -0.39 is 0 Å². The summed E-state index contributed by atoms with van der Waals surface area (Å²) in [7, 11) is 2.24. The minimum atomic E-state index is 0.0816. The molecule has 0 bridgehead atoms. The van der Waals surface area contributed by atoms with Crippen molar-refractivity contribution in [3.63, 3.8) is 0 Å². The third-order valence-corrected chi connectivity index (χ3v) is 4.40. The number of rotatable bonds is 2. The molecule has 0 aromatic carbocycles. The van der Waals surface area contributed by atoms with Gasteiger partial charge in [-0.05, 0) is 25.9 Å². The van der Waals surface area contributed by atoms with E-state index in [2.05, 4.69) is 32.5 Å². The van der Waals surface area contributed by atoms with Crippen LogP contribution in [0.25, 0.3) is 0 Å². The van der Waals surface area contributed by atoms with E-state index in [1.54, 1.807) is 6.33 Å². The van der Waals surface area contributed by atoms with Crippen LogP contribution < -0.4 is 10.6 Å². The summed E-state index contributed by atoms with van der Waals surface area (Å²) in [5.41, 5.74) is 1.33. The monoisotopic (exact) mass is 235 g/mol. The van der Waals surface area contributed by atoms with Crippen LogP contribution in [-0.2, 0) is 5.54 Å². The molecule has 1 aromatic heterocycles. The summed E-state index contributed by atoms with van der Waals surface area (Å²) in [6.45, 7) is 5.42. The van der Waals surface area contributed by atoms with E-state index >= 15 is 0 Å². The second kappa shape index (κ2) is 4.40. The van der Waals surface area contributed by atoms with Crippen molar-refractivity contribution in [1.29, 1.82) is 0 Å². The van der Waals surface area contributed by atoms with Crippen molar-refractivity contribution in [2.75, 3.05) is 39.8 Å². The van der Waals surface area contributed by atoms with Gasteiger partial charge < -0.3 is 15.6 Å². The zero-order valence-corrected chi connectivity index (χ0v) is 10.4. The Morgan fingerprint density at radius 3 is 3.00 bits per heavy atom. The first-order chi connectivity index (χ1) is 8.34. The summed E-state index contributed by atoms with van der Waals surface area (Å²) in [4.78, 5) is 10.0. The molecule has 2 aliphatic heterocycles. The topological polar surface area (TPSA) is 56.0 Å². The SMILES string of the molecule is CN1CCNCC1(c1cnc[nH]1)C1CCNC1. The van der Waals surface area contributed by atoms with Gasteiger partial charge in [-0.25, -0.2) is 4.98 Å². The van der Waals surface area contributed by atoms with Gasteiger partial charge in [0.1, 0.15) is 0 Å². The van der Waals surface area contributed by atoms with Crippen molar-refractivity contribution in [2.24, 2.45) is 5.92 Å². The number of aromatic nitrogens is 2. The van der Waals surface area contributed by atoms with Crippen LogP contribution in [0.1, 0.15) is 12.1 Å². The fourth-order valence-electron chi connectivity index (χ4n) is 3.39. The maximum atomic E-state index is 4.22. The van der Waals surface area contributed by atoms with Crippen LogP contribution >= 0.6 is 0 Å². The van der Waals surface area contributed by atoms with Crippen molar-refractivity contribution < 1.29 is 0 Å². The molecule has 94 valence electrons. The van der Waals surface area contributed by atoms with E-state index in [0.717, 1.165) is 32.7 Å². The van der Waals surface area contributed by atoms with Crippen LogP contribution in [0.4, 0.5) is 0 Å². The highest BCUT2D eigenvalue weighted by Crippen LogP contribution is 2.38. The summed E-state index contributed by atoms with van der Waals surface area (Å²) in [5, 5.41) is 7.04. The number of nitrogens with zero attached hydrogens (tertiary/aromatic N) is 2. The molecule has 2 atom stereocenters. The van der Waals surface area contributed by atoms with E-state index in [1.807, 2.05) is 6.20 Å². The molecule has 2 saturated heterocycles. The second-order valence-corrected chi connectivity index (χ2v) is 5.18. The molecule has 0 aliphatic carbocycles. The summed E-state index contributed by atoms with van der Waals surface area (Å²) >= 11 is 0. The number of H-pyrrole nitrogens is 1. The van der Waals surface area contributed by atoms with Crippen LogP contribution in [0.3, 0.4) is 0 Å². The van der Waals surface area contributed by atoms with Gasteiger partial charge >= 0.3 is 0 Å². The van der Waals surface area contributed by atoms with Crippen molar-refractivity contribution in [2.45, 2.75) is 12.0 Å². The predicted molar refractivity (Wildman–Crippen MR) is 66.7 cm³/mol. The summed E-state index contributed by atoms with van der Waals surface area (Å²) in [5.74, 6) is 0.653. The molecule has 3 N–H and O–H groups in total. The van der Waals surface area contributed by atoms with Gasteiger partial charge in [0.15, 0.2) is 0 Å². The highest BCUT2D eigenvalue weighted by Gasteiger charge is 2.47. The summed E-state index contributed by atoms with van der Waals surface area (Å²) < 4.78 is 0. The average molecular weight is 235 g/mol. The van der Waals surface area contributed by atoms with E-state index in [9.17, 15) is 0 Å². The van der Waals surface area contributed by atoms with Gasteiger partial charge in [-0.3, -0.25) is 4.90 Å². The molecule has 0 amide bonds. The minimum Gasteiger partial charge on any atom is -0.347 e. The molecule has 2 fully saturated rings. The second-order valence-electron chi connectivity index (χ2n) is 5.18. The van der Waals surface area contributed by atoms with Crippen molar-refractivity contribution in [1.82, 2.24) is 25.5 Å². The summed E-state index contributed by atoms with van der Waals surface area (Å²) in [6.07, 6.45) is 5.02. The molecule has 5 nitrogen and oxygen atoms in total. The number of likely N-dealkylation sites (N-methyl/N-ethyl adjacent to an activating group) is 1. The molecule has 0 radical (unpaired) electrons. The highest BCUT2D eigenvalue weighted by molar-refractivity contribution is 5.18. The molecule has 0 spiro atoms. The summed E-state index contributed by atoms with van der Waals surface area (Å²) in [6, 6.07) is 0. The quantitative estimate of drug-likeness (QED) is 0.662. The molecule has 1 aromatic rings. The van der Waals surface area contributed by atoms with Gasteiger partial charge in [0, 0.05) is 32.4 Å². The van der Waals surface area contributed by atoms with Crippen LogP contribution in [0.15, 0.2) is 12.5 Å². The normalized spacial score (nSPS) is 35.2. The van der Waals surface area contributed by atoms with Crippen molar-refractivity contribution in [3.05, 3.63) is 18.2 Å². The van der Waals surface area contributed by atoms with Gasteiger partial charge in [-0.15, -0.1) is 0 Å². The van der Waals surface area contributed by atoms with E-state index in [0.29, 0.717) is 5.92 Å². The predicted octanol–water partition coefficient (Wildman–Crippen LogP) is -0.250. The maximum absolute atomic E-state index is 4.22. The lowest BCUT2D eigenvalue weighted by Gasteiger charge is -2.48. The number of hydrogen-bond acceptors (Lipinski definition) is 4. The molecule has 2 unspecified atom stereocenters. The number of hydrogen-bond donors (Lipinski definition) is 3. The smallest absolute Gasteiger partial charge is 0.0922 e. The average Bonchev–Trinajstić information content (AvgIpc) is 3.03. The van der Waals surface area contributed by atoms with Crippen molar-refractivity contribution in [3.8, 4) is 0 Å². The Morgan fingerprint density at radius 2 is 2.35 bits per heavy atom. The molecular weight excluding hydrogens is 214 g/mol. The third kappa shape index (κ3) is 1.69. The Labute approximate surface area is 102 Å². The molecule has 5 heteroatoms. The molecule has 17 heavy (non-hydrogen) atoms. The molecular formula is C12H21N5. The van der Waals surface area contributed by atoms with Crippen molar-refractivity contribution >= 4 is 0 Å². The van der Waals surface area contributed by atoms with Crippen LogP contribution in [0.5, 0.6) is 0 Å². The first kappa shape index (κ1) is 11.2. The van der Waals surface area contributed by atoms with Gasteiger partial charge in [-0.1, -0.05) is 0 Å². The Morgan fingerprint density at radius 1 is 1.41 bits per heavy atom. The fourth-order valence-corrected chi connectivity index (χ4v) is 3.39. The van der Waals surface area contributed by atoms with Crippen LogP contribution in [0.2, 0.25) is 0 Å². The maximum Gasteiger partial charge on any atom is 0.0922 e. The van der Waals surface area contributed by atoms with Gasteiger partial charge in [0.25, 0.3) is 0 Å². The number of aromatic amines is 1. The Bertz CT molecular complexity index is 357. The Balaban J connectivity index is 1.99. The zero-order chi connectivity index (χ0) is 11.7. The molecule has 3 rings (SSSR count). The Kier molecular flexibility index (Phi) is 2.90. The van der Waals surface area contributed by atoms with Crippen LogP contribution in [0, 0.1) is 5.92 Å². The van der Waals surface area contributed by atoms with E-state index in [4.69, 9.17) is 0 Å². The molecule has 0 saturated carbocycles. The molecule has 2 aliphatic rings. The third-order valence-electron chi connectivity index (χ3n) is 4.40. The minimum absolute atomic E-state index is 0.0816. The lowest BCUT2D eigenvalue weighted by atomic mass is 9.78. The number of piperazine rings is 1. The van der Waals surface area contributed by atoms with Gasteiger partial charge in [0.2, 0.25) is 0 Å². The molecule has 3 heterocycles. The first-order valence-corrected chi connectivity index (χ1v) is 6.45. The van der Waals surface area contributed by atoms with Gasteiger partial charge in [-0.2, -0.15) is 0 Å². The number of nitrogens with one attached hydrogen (secondary N) is 3.